The maximum atomic E-state index is 5.03. The lowest BCUT2D eigenvalue weighted by molar-refractivity contribution is 0.208. The molecule has 0 aromatic heterocycles. The number of piperidine rings is 1. The van der Waals surface area contributed by atoms with Gasteiger partial charge in [-0.3, -0.25) is 4.99 Å². The summed E-state index contributed by atoms with van der Waals surface area (Å²) >= 11 is 0. The van der Waals surface area contributed by atoms with Gasteiger partial charge in [-0.25, -0.2) is 0 Å². The van der Waals surface area contributed by atoms with Gasteiger partial charge < -0.3 is 4.90 Å². The van der Waals surface area contributed by atoms with Gasteiger partial charge in [0.05, 0.1) is 0 Å². The van der Waals surface area contributed by atoms with E-state index in [0.29, 0.717) is 12.1 Å². The Hall–Kier alpha value is -0.530. The second kappa shape index (κ2) is 6.28. The second-order valence-corrected chi connectivity index (χ2v) is 7.30. The van der Waals surface area contributed by atoms with Crippen LogP contribution >= 0.6 is 0 Å². The predicted molar refractivity (Wildman–Crippen MR) is 83.6 cm³/mol. The van der Waals surface area contributed by atoms with Crippen LogP contribution in [0.25, 0.3) is 0 Å². The van der Waals surface area contributed by atoms with Gasteiger partial charge in [-0.1, -0.05) is 19.8 Å². The van der Waals surface area contributed by atoms with E-state index in [4.69, 9.17) is 4.99 Å². The summed E-state index contributed by atoms with van der Waals surface area (Å²) in [4.78, 5) is 7.61. The molecule has 0 bridgehead atoms. The van der Waals surface area contributed by atoms with Gasteiger partial charge in [0.25, 0.3) is 0 Å². The molecule has 1 saturated carbocycles. The fraction of sp³-hybridized carbons (Fsp3) is 0.941. The highest BCUT2D eigenvalue weighted by Crippen LogP contribution is 2.39. The largest absolute Gasteiger partial charge is 0.358 e. The molecule has 1 aliphatic carbocycles. The monoisotopic (exact) mass is 264 g/mol. The molecule has 0 aromatic carbocycles. The van der Waals surface area contributed by atoms with E-state index in [1.54, 1.807) is 0 Å². The zero-order valence-electron chi connectivity index (χ0n) is 13.5. The minimum Gasteiger partial charge on any atom is -0.358 e. The highest BCUT2D eigenvalue weighted by Gasteiger charge is 2.37. The van der Waals surface area contributed by atoms with Crippen molar-refractivity contribution in [3.05, 3.63) is 0 Å². The second-order valence-electron chi connectivity index (χ2n) is 7.30. The Balaban J connectivity index is 2.24. The molecule has 2 rings (SSSR count). The summed E-state index contributed by atoms with van der Waals surface area (Å²) < 4.78 is 0. The predicted octanol–water partition coefficient (Wildman–Crippen LogP) is 4.35. The molecule has 2 fully saturated rings. The van der Waals surface area contributed by atoms with E-state index < -0.39 is 0 Å². The quantitative estimate of drug-likeness (QED) is 0.724. The van der Waals surface area contributed by atoms with E-state index in [0.717, 1.165) is 17.8 Å². The van der Waals surface area contributed by atoms with Crippen LogP contribution in [0.15, 0.2) is 4.99 Å². The maximum absolute atomic E-state index is 5.03. The van der Waals surface area contributed by atoms with Crippen molar-refractivity contribution in [3.63, 3.8) is 0 Å². The number of aliphatic imine (C=N–C) groups is 1. The van der Waals surface area contributed by atoms with Gasteiger partial charge in [0.15, 0.2) is 0 Å². The molecular weight excluding hydrogens is 232 g/mol. The van der Waals surface area contributed by atoms with Crippen LogP contribution in [0.4, 0.5) is 0 Å². The summed E-state index contributed by atoms with van der Waals surface area (Å²) in [5, 5.41) is 0. The van der Waals surface area contributed by atoms with Crippen molar-refractivity contribution >= 4 is 5.84 Å². The van der Waals surface area contributed by atoms with Crippen LogP contribution in [-0.2, 0) is 0 Å². The fourth-order valence-corrected chi connectivity index (χ4v) is 3.97. The van der Waals surface area contributed by atoms with Crippen molar-refractivity contribution in [2.75, 3.05) is 6.54 Å². The third-order valence-corrected chi connectivity index (χ3v) is 4.87. The summed E-state index contributed by atoms with van der Waals surface area (Å²) in [5.74, 6) is 3.99. The van der Waals surface area contributed by atoms with Crippen molar-refractivity contribution in [3.8, 4) is 0 Å². The summed E-state index contributed by atoms with van der Waals surface area (Å²) in [6, 6.07) is 1.02. The first-order chi connectivity index (χ1) is 8.99. The van der Waals surface area contributed by atoms with Crippen molar-refractivity contribution in [2.24, 2.45) is 22.7 Å². The first-order valence-electron chi connectivity index (χ1n) is 8.33. The van der Waals surface area contributed by atoms with E-state index in [2.05, 4.69) is 39.5 Å². The van der Waals surface area contributed by atoms with E-state index in [-0.39, 0.29) is 0 Å². The van der Waals surface area contributed by atoms with Crippen LogP contribution < -0.4 is 0 Å². The number of hydrogen-bond acceptors (Lipinski definition) is 1. The highest BCUT2D eigenvalue weighted by molar-refractivity contribution is 5.86. The van der Waals surface area contributed by atoms with Crippen LogP contribution in [-0.4, -0.2) is 29.4 Å². The minimum atomic E-state index is 0.427. The van der Waals surface area contributed by atoms with E-state index >= 15 is 0 Å². The topological polar surface area (TPSA) is 15.6 Å². The van der Waals surface area contributed by atoms with Gasteiger partial charge in [0.2, 0.25) is 0 Å². The summed E-state index contributed by atoms with van der Waals surface area (Å²) in [5.41, 5.74) is 0. The Labute approximate surface area is 119 Å². The van der Waals surface area contributed by atoms with Gasteiger partial charge >= 0.3 is 0 Å². The molecule has 3 unspecified atom stereocenters. The van der Waals surface area contributed by atoms with Gasteiger partial charge in [0, 0.05) is 24.5 Å². The summed E-state index contributed by atoms with van der Waals surface area (Å²) in [7, 11) is 0. The lowest BCUT2D eigenvalue weighted by Crippen LogP contribution is -2.49. The molecule has 110 valence electrons. The number of hydrogen-bond donors (Lipinski definition) is 0. The lowest BCUT2D eigenvalue weighted by atomic mass is 9.79. The molecule has 1 heterocycles. The van der Waals surface area contributed by atoms with Crippen LogP contribution in [0.5, 0.6) is 0 Å². The lowest BCUT2D eigenvalue weighted by Gasteiger charge is -2.43. The molecule has 0 amide bonds. The van der Waals surface area contributed by atoms with Crippen LogP contribution in [0, 0.1) is 17.8 Å². The van der Waals surface area contributed by atoms with E-state index in [1.807, 2.05) is 0 Å². The summed E-state index contributed by atoms with van der Waals surface area (Å²) in [6.07, 6.45) is 6.98. The Morgan fingerprint density at radius 3 is 2.47 bits per heavy atom. The van der Waals surface area contributed by atoms with Crippen molar-refractivity contribution in [2.45, 2.75) is 78.8 Å². The molecule has 0 radical (unpaired) electrons. The SMILES string of the molecule is CC1CCCC2/C(=N\C(C)C)N(C(C)C)CCC2C1. The molecule has 0 aromatic rings. The van der Waals surface area contributed by atoms with Crippen LogP contribution in [0.1, 0.15) is 66.7 Å². The molecule has 19 heavy (non-hydrogen) atoms. The van der Waals surface area contributed by atoms with E-state index in [9.17, 15) is 0 Å². The molecule has 2 heteroatoms. The highest BCUT2D eigenvalue weighted by atomic mass is 15.2. The molecule has 1 aliphatic heterocycles. The zero-order chi connectivity index (χ0) is 14.0. The van der Waals surface area contributed by atoms with Crippen LogP contribution in [0.2, 0.25) is 0 Å². The van der Waals surface area contributed by atoms with Crippen molar-refractivity contribution in [1.29, 1.82) is 0 Å². The Morgan fingerprint density at radius 1 is 1.11 bits per heavy atom. The molecule has 0 N–H and O–H groups in total. The number of fused-ring (bicyclic) bond motifs is 1. The average molecular weight is 264 g/mol. The molecule has 3 atom stereocenters. The zero-order valence-corrected chi connectivity index (χ0v) is 13.5. The van der Waals surface area contributed by atoms with Crippen molar-refractivity contribution in [1.82, 2.24) is 4.90 Å². The van der Waals surface area contributed by atoms with Gasteiger partial charge in [0.1, 0.15) is 5.84 Å². The number of rotatable bonds is 2. The fourth-order valence-electron chi connectivity index (χ4n) is 3.97. The number of likely N-dealkylation sites (tertiary alicyclic amines) is 1. The number of amidine groups is 1. The first kappa shape index (κ1) is 14.9. The van der Waals surface area contributed by atoms with E-state index in [1.165, 1.54) is 44.5 Å². The molecule has 2 nitrogen and oxygen atoms in total. The first-order valence-corrected chi connectivity index (χ1v) is 8.33. The summed E-state index contributed by atoms with van der Waals surface area (Å²) in [6.45, 7) is 12.7. The van der Waals surface area contributed by atoms with Gasteiger partial charge in [-0.05, 0) is 58.8 Å². The third kappa shape index (κ3) is 3.52. The maximum Gasteiger partial charge on any atom is 0.103 e. The minimum absolute atomic E-state index is 0.427. The Morgan fingerprint density at radius 2 is 1.84 bits per heavy atom. The third-order valence-electron chi connectivity index (χ3n) is 4.87. The van der Waals surface area contributed by atoms with Crippen molar-refractivity contribution < 1.29 is 0 Å². The molecule has 1 saturated heterocycles. The van der Waals surface area contributed by atoms with Gasteiger partial charge in [-0.2, -0.15) is 0 Å². The average Bonchev–Trinajstić information content (AvgIpc) is 2.49. The smallest absolute Gasteiger partial charge is 0.103 e. The normalized spacial score (nSPS) is 34.8. The Kier molecular flexibility index (Phi) is 4.92. The standard InChI is InChI=1S/C17H32N2/c1-12(2)18-17-16-8-6-7-14(5)11-15(16)9-10-19(17)13(3)4/h12-16H,6-11H2,1-5H3/b18-17+. The number of nitrogens with zero attached hydrogens (tertiary/aromatic N) is 2. The molecule has 0 spiro atoms. The molecule has 2 aliphatic rings. The van der Waals surface area contributed by atoms with Crippen LogP contribution in [0.3, 0.4) is 0 Å². The Bertz CT molecular complexity index is 319. The van der Waals surface area contributed by atoms with Gasteiger partial charge in [-0.15, -0.1) is 0 Å². The molecular formula is C17H32N2.